The van der Waals surface area contributed by atoms with Gasteiger partial charge in [0.2, 0.25) is 0 Å². The summed E-state index contributed by atoms with van der Waals surface area (Å²) >= 11 is 0. The molecule has 2 rings (SSSR count). The van der Waals surface area contributed by atoms with Crippen molar-refractivity contribution in [3.63, 3.8) is 0 Å². The second kappa shape index (κ2) is 9.24. The Bertz CT molecular complexity index is 895. The lowest BCUT2D eigenvalue weighted by Gasteiger charge is -2.01. The number of carbonyl (C=O) groups is 1. The highest BCUT2D eigenvalue weighted by molar-refractivity contribution is 5.78. The number of rotatable bonds is 5. The summed E-state index contributed by atoms with van der Waals surface area (Å²) in [5, 5.41) is 1.10. The van der Waals surface area contributed by atoms with E-state index in [9.17, 15) is 4.79 Å². The topological polar surface area (TPSA) is 39.2 Å². The quantitative estimate of drug-likeness (QED) is 0.457. The van der Waals surface area contributed by atoms with E-state index in [4.69, 9.17) is 4.74 Å². The van der Waals surface area contributed by atoms with Crippen molar-refractivity contribution in [1.29, 1.82) is 0 Å². The van der Waals surface area contributed by atoms with Gasteiger partial charge in [0.25, 0.3) is 0 Å². The van der Waals surface area contributed by atoms with Crippen molar-refractivity contribution in [1.82, 2.24) is 4.98 Å². The van der Waals surface area contributed by atoms with Crippen LogP contribution in [-0.2, 0) is 9.53 Å². The molecule has 0 N–H and O–H groups in total. The zero-order chi connectivity index (χ0) is 18.1. The molecule has 3 heteroatoms. The molecule has 0 radical (unpaired) electrons. The first-order chi connectivity index (χ1) is 12.1. The number of carbonyl (C=O) groups excluding carboxylic acids is 1. The molecule has 1 aromatic carbocycles. The van der Waals surface area contributed by atoms with Gasteiger partial charge < -0.3 is 4.74 Å². The summed E-state index contributed by atoms with van der Waals surface area (Å²) < 4.78 is 4.94. The maximum Gasteiger partial charge on any atom is 0.310 e. The molecule has 25 heavy (non-hydrogen) atoms. The molecule has 0 saturated carbocycles. The molecule has 1 heterocycles. The van der Waals surface area contributed by atoms with Crippen LogP contribution in [0.25, 0.3) is 10.9 Å². The van der Waals surface area contributed by atoms with E-state index in [1.165, 1.54) is 0 Å². The minimum Gasteiger partial charge on any atom is -0.466 e. The van der Waals surface area contributed by atoms with Crippen molar-refractivity contribution < 1.29 is 9.53 Å². The number of benzene rings is 1. The average Bonchev–Trinajstić information content (AvgIpc) is 2.63. The van der Waals surface area contributed by atoms with E-state index in [1.807, 2.05) is 55.5 Å². The molecule has 0 spiro atoms. The summed E-state index contributed by atoms with van der Waals surface area (Å²) in [6.45, 7) is 7.80. The van der Waals surface area contributed by atoms with Gasteiger partial charge in [0, 0.05) is 5.39 Å². The predicted octanol–water partition coefficient (Wildman–Crippen LogP) is 4.60. The summed E-state index contributed by atoms with van der Waals surface area (Å²) in [5.41, 5.74) is 3.33. The van der Waals surface area contributed by atoms with Crippen LogP contribution in [-0.4, -0.2) is 17.6 Å². The van der Waals surface area contributed by atoms with E-state index in [2.05, 4.69) is 23.4 Å². The number of hydrogen-bond acceptors (Lipinski definition) is 3. The third kappa shape index (κ3) is 5.78. The Kier molecular flexibility index (Phi) is 6.74. The van der Waals surface area contributed by atoms with Crippen molar-refractivity contribution in [2.75, 3.05) is 6.61 Å². The van der Waals surface area contributed by atoms with Crippen molar-refractivity contribution in [2.24, 2.45) is 0 Å². The van der Waals surface area contributed by atoms with Crippen LogP contribution in [0.2, 0.25) is 0 Å². The average molecular weight is 331 g/mol. The Morgan fingerprint density at radius 1 is 1.24 bits per heavy atom. The second-order valence-corrected chi connectivity index (χ2v) is 5.42. The number of nitrogens with zero attached hydrogens (tertiary/aromatic N) is 1. The fourth-order valence-electron chi connectivity index (χ4n) is 2.15. The maximum absolute atomic E-state index is 11.5. The van der Waals surface area contributed by atoms with Gasteiger partial charge in [-0.1, -0.05) is 55.0 Å². The molecule has 0 unspecified atom stereocenters. The van der Waals surface area contributed by atoms with Gasteiger partial charge in [-0.3, -0.25) is 4.79 Å². The normalized spacial score (nSPS) is 11.6. The molecule has 126 valence electrons. The zero-order valence-corrected chi connectivity index (χ0v) is 14.6. The van der Waals surface area contributed by atoms with Crippen LogP contribution in [0.1, 0.15) is 26.0 Å². The molecule has 0 fully saturated rings. The van der Waals surface area contributed by atoms with Crippen molar-refractivity contribution in [3.05, 3.63) is 78.0 Å². The lowest BCUT2D eigenvalue weighted by atomic mass is 10.1. The minimum atomic E-state index is -0.258. The molecule has 0 aliphatic carbocycles. The van der Waals surface area contributed by atoms with Gasteiger partial charge in [-0.05, 0) is 43.0 Å². The molecular formula is C22H21NO2. The second-order valence-electron chi connectivity index (χ2n) is 5.42. The van der Waals surface area contributed by atoms with E-state index in [1.54, 1.807) is 13.0 Å². The van der Waals surface area contributed by atoms with Gasteiger partial charge >= 0.3 is 5.97 Å². The largest absolute Gasteiger partial charge is 0.466 e. The first kappa shape index (κ1) is 18.2. The van der Waals surface area contributed by atoms with Gasteiger partial charge in [-0.25, -0.2) is 4.98 Å². The number of allylic oxidation sites excluding steroid dienone is 4. The van der Waals surface area contributed by atoms with Crippen molar-refractivity contribution >= 4 is 16.9 Å². The Hall–Kier alpha value is -3.12. The fourth-order valence-corrected chi connectivity index (χ4v) is 2.15. The number of esters is 1. The summed E-state index contributed by atoms with van der Waals surface area (Å²) in [5.74, 6) is 5.88. The molecule has 0 aliphatic heterocycles. The molecule has 0 bridgehead atoms. The van der Waals surface area contributed by atoms with Gasteiger partial charge in [-0.2, -0.15) is 0 Å². The molecule has 0 amide bonds. The van der Waals surface area contributed by atoms with Crippen LogP contribution in [0.4, 0.5) is 0 Å². The van der Waals surface area contributed by atoms with E-state index in [0.29, 0.717) is 6.61 Å². The standard InChI is InChI=1S/C22H21NO2/c1-4-18(16-22(24)25-5-2)12-10-17(3)11-14-20-15-13-19-8-6-7-9-21(19)23-20/h4,6-10,12-13,15H,1,5,16H2,2-3H3/b17-10+,18-12+. The number of fused-ring (bicyclic) bond motifs is 1. The third-order valence-electron chi connectivity index (χ3n) is 3.45. The van der Waals surface area contributed by atoms with Crippen molar-refractivity contribution in [2.45, 2.75) is 20.3 Å². The molecular weight excluding hydrogens is 310 g/mol. The van der Waals surface area contributed by atoms with Crippen molar-refractivity contribution in [3.8, 4) is 11.8 Å². The van der Waals surface area contributed by atoms with Crippen LogP contribution in [0.5, 0.6) is 0 Å². The first-order valence-corrected chi connectivity index (χ1v) is 8.15. The van der Waals surface area contributed by atoms with Gasteiger partial charge in [0.05, 0.1) is 18.5 Å². The SMILES string of the molecule is C=C/C(=C\C=C(/C)C#Cc1ccc2ccccc2n1)CC(=O)OCC. The van der Waals surface area contributed by atoms with Crippen LogP contribution in [0, 0.1) is 11.8 Å². The number of para-hydroxylation sites is 1. The highest BCUT2D eigenvalue weighted by atomic mass is 16.5. The number of aromatic nitrogens is 1. The summed E-state index contributed by atoms with van der Waals surface area (Å²) in [6.07, 6.45) is 5.56. The van der Waals surface area contributed by atoms with Crippen LogP contribution < -0.4 is 0 Å². The summed E-state index contributed by atoms with van der Waals surface area (Å²) in [6, 6.07) is 11.9. The Morgan fingerprint density at radius 2 is 2.04 bits per heavy atom. The number of ether oxygens (including phenoxy) is 1. The third-order valence-corrected chi connectivity index (χ3v) is 3.45. The van der Waals surface area contributed by atoms with Gasteiger partial charge in [0.15, 0.2) is 0 Å². The van der Waals surface area contributed by atoms with Crippen LogP contribution in [0.3, 0.4) is 0 Å². The highest BCUT2D eigenvalue weighted by Gasteiger charge is 2.02. The number of pyridine rings is 1. The first-order valence-electron chi connectivity index (χ1n) is 8.15. The molecule has 3 nitrogen and oxygen atoms in total. The van der Waals surface area contributed by atoms with Gasteiger partial charge in [-0.15, -0.1) is 0 Å². The van der Waals surface area contributed by atoms with Gasteiger partial charge in [0.1, 0.15) is 5.69 Å². The smallest absolute Gasteiger partial charge is 0.310 e. The lowest BCUT2D eigenvalue weighted by Crippen LogP contribution is -2.04. The lowest BCUT2D eigenvalue weighted by molar-refractivity contribution is -0.142. The Labute approximate surface area is 148 Å². The summed E-state index contributed by atoms with van der Waals surface area (Å²) in [7, 11) is 0. The fraction of sp³-hybridized carbons (Fsp3) is 0.182. The van der Waals surface area contributed by atoms with E-state index in [-0.39, 0.29) is 12.4 Å². The van der Waals surface area contributed by atoms with E-state index in [0.717, 1.165) is 27.7 Å². The minimum absolute atomic E-state index is 0.209. The molecule has 2 aromatic rings. The predicted molar refractivity (Wildman–Crippen MR) is 102 cm³/mol. The van der Waals surface area contributed by atoms with E-state index < -0.39 is 0 Å². The maximum atomic E-state index is 11.5. The van der Waals surface area contributed by atoms with Crippen LogP contribution in [0.15, 0.2) is 72.4 Å². The molecule has 1 aromatic heterocycles. The monoisotopic (exact) mass is 331 g/mol. The molecule has 0 aliphatic rings. The molecule has 0 saturated heterocycles. The zero-order valence-electron chi connectivity index (χ0n) is 14.6. The molecule has 0 atom stereocenters. The van der Waals surface area contributed by atoms with E-state index >= 15 is 0 Å². The number of hydrogen-bond donors (Lipinski definition) is 0. The summed E-state index contributed by atoms with van der Waals surface area (Å²) in [4.78, 5) is 16.0. The Morgan fingerprint density at radius 3 is 2.80 bits per heavy atom. The Balaban J connectivity index is 2.11. The highest BCUT2D eigenvalue weighted by Crippen LogP contribution is 2.11. The van der Waals surface area contributed by atoms with Crippen LogP contribution >= 0.6 is 0 Å².